The Labute approximate surface area is 150 Å². The molecule has 1 aromatic heterocycles. The highest BCUT2D eigenvalue weighted by molar-refractivity contribution is 9.10. The van der Waals surface area contributed by atoms with E-state index in [9.17, 15) is 9.59 Å². The molecule has 0 unspecified atom stereocenters. The molecule has 0 aliphatic carbocycles. The molecule has 0 bridgehead atoms. The molecule has 0 saturated heterocycles. The summed E-state index contributed by atoms with van der Waals surface area (Å²) in [4.78, 5) is 24.9. The molecule has 0 radical (unpaired) electrons. The SMILES string of the molecule is CCn1nc(C(=O)Oc2ccc(Br)cc2Cl)c2ccccc2c1=O. The van der Waals surface area contributed by atoms with Gasteiger partial charge in [0.1, 0.15) is 5.75 Å². The number of benzene rings is 2. The van der Waals surface area contributed by atoms with E-state index < -0.39 is 5.97 Å². The summed E-state index contributed by atoms with van der Waals surface area (Å²) in [6.45, 7) is 2.13. The first-order valence-corrected chi connectivity index (χ1v) is 8.35. The van der Waals surface area contributed by atoms with Crippen molar-refractivity contribution in [3.05, 3.63) is 68.0 Å². The van der Waals surface area contributed by atoms with E-state index in [2.05, 4.69) is 21.0 Å². The molecular weight excluding hydrogens is 396 g/mol. The van der Waals surface area contributed by atoms with Gasteiger partial charge in [0.05, 0.1) is 10.4 Å². The molecule has 24 heavy (non-hydrogen) atoms. The molecule has 3 aromatic rings. The number of ether oxygens (including phenoxy) is 1. The number of aryl methyl sites for hydroxylation is 1. The van der Waals surface area contributed by atoms with Crippen LogP contribution in [0.1, 0.15) is 17.4 Å². The van der Waals surface area contributed by atoms with Crippen LogP contribution in [-0.2, 0) is 6.54 Å². The Bertz CT molecular complexity index is 1000. The van der Waals surface area contributed by atoms with Crippen molar-refractivity contribution in [3.63, 3.8) is 0 Å². The molecule has 3 rings (SSSR count). The molecule has 0 spiro atoms. The fraction of sp³-hybridized carbons (Fsp3) is 0.118. The van der Waals surface area contributed by atoms with Crippen LogP contribution in [0.4, 0.5) is 0 Å². The number of halogens is 2. The fourth-order valence-corrected chi connectivity index (χ4v) is 3.02. The maximum absolute atomic E-state index is 12.6. The Morgan fingerprint density at radius 3 is 2.62 bits per heavy atom. The lowest BCUT2D eigenvalue weighted by Gasteiger charge is -2.10. The van der Waals surface area contributed by atoms with Crippen LogP contribution in [0.25, 0.3) is 10.8 Å². The molecule has 5 nitrogen and oxygen atoms in total. The zero-order chi connectivity index (χ0) is 17.3. The minimum absolute atomic E-state index is 0.0750. The molecule has 7 heteroatoms. The molecule has 0 aliphatic rings. The van der Waals surface area contributed by atoms with Gasteiger partial charge in [-0.1, -0.05) is 45.7 Å². The Kier molecular flexibility index (Phi) is 4.69. The summed E-state index contributed by atoms with van der Waals surface area (Å²) in [6.07, 6.45) is 0. The number of carbonyl (C=O) groups excluding carboxylic acids is 1. The minimum atomic E-state index is -0.669. The molecule has 0 fully saturated rings. The van der Waals surface area contributed by atoms with Gasteiger partial charge in [-0.2, -0.15) is 5.10 Å². The lowest BCUT2D eigenvalue weighted by Crippen LogP contribution is -2.26. The molecule has 0 atom stereocenters. The van der Waals surface area contributed by atoms with E-state index in [0.29, 0.717) is 22.3 Å². The number of nitrogens with zero attached hydrogens (tertiary/aromatic N) is 2. The smallest absolute Gasteiger partial charge is 0.364 e. The van der Waals surface area contributed by atoms with Crippen molar-refractivity contribution in [2.75, 3.05) is 0 Å². The first kappa shape index (κ1) is 16.7. The number of fused-ring (bicyclic) bond motifs is 1. The van der Waals surface area contributed by atoms with E-state index in [4.69, 9.17) is 16.3 Å². The summed E-state index contributed by atoms with van der Waals surface area (Å²) >= 11 is 9.37. The van der Waals surface area contributed by atoms with Gasteiger partial charge in [0, 0.05) is 16.4 Å². The molecular formula is C17H12BrClN2O3. The highest BCUT2D eigenvalue weighted by atomic mass is 79.9. The quantitative estimate of drug-likeness (QED) is 0.485. The molecule has 2 aromatic carbocycles. The third-order valence-corrected chi connectivity index (χ3v) is 4.25. The third-order valence-electron chi connectivity index (χ3n) is 3.46. The first-order valence-electron chi connectivity index (χ1n) is 7.18. The van der Waals surface area contributed by atoms with Gasteiger partial charge in [0.25, 0.3) is 5.56 Å². The van der Waals surface area contributed by atoms with E-state index in [-0.39, 0.29) is 17.0 Å². The predicted molar refractivity (Wildman–Crippen MR) is 95.8 cm³/mol. The molecule has 0 aliphatic heterocycles. The maximum Gasteiger partial charge on any atom is 0.364 e. The van der Waals surface area contributed by atoms with E-state index >= 15 is 0 Å². The number of rotatable bonds is 3. The Morgan fingerprint density at radius 2 is 1.96 bits per heavy atom. The van der Waals surface area contributed by atoms with Crippen LogP contribution in [0.2, 0.25) is 5.02 Å². The summed E-state index contributed by atoms with van der Waals surface area (Å²) in [5.74, 6) is -0.442. The van der Waals surface area contributed by atoms with Crippen LogP contribution in [0.3, 0.4) is 0 Å². The van der Waals surface area contributed by atoms with Crippen LogP contribution >= 0.6 is 27.5 Å². The van der Waals surface area contributed by atoms with Gasteiger partial charge < -0.3 is 4.74 Å². The molecule has 0 amide bonds. The third kappa shape index (κ3) is 3.07. The topological polar surface area (TPSA) is 61.2 Å². The van der Waals surface area contributed by atoms with Crippen LogP contribution in [-0.4, -0.2) is 15.7 Å². The summed E-state index contributed by atoms with van der Waals surface area (Å²) < 4.78 is 7.38. The van der Waals surface area contributed by atoms with Gasteiger partial charge in [-0.15, -0.1) is 0 Å². The van der Waals surface area contributed by atoms with Crippen LogP contribution < -0.4 is 10.3 Å². The van der Waals surface area contributed by atoms with Gasteiger partial charge in [-0.05, 0) is 31.2 Å². The van der Waals surface area contributed by atoms with Crippen LogP contribution in [0.15, 0.2) is 51.7 Å². The zero-order valence-corrected chi connectivity index (χ0v) is 15.0. The monoisotopic (exact) mass is 406 g/mol. The van der Waals surface area contributed by atoms with Gasteiger partial charge >= 0.3 is 5.97 Å². The van der Waals surface area contributed by atoms with Crippen molar-refractivity contribution in [1.82, 2.24) is 9.78 Å². The van der Waals surface area contributed by atoms with Crippen molar-refractivity contribution in [3.8, 4) is 5.75 Å². The lowest BCUT2D eigenvalue weighted by atomic mass is 10.1. The second-order valence-electron chi connectivity index (χ2n) is 4.98. The van der Waals surface area contributed by atoms with Crippen molar-refractivity contribution >= 4 is 44.3 Å². The molecule has 0 saturated carbocycles. The summed E-state index contributed by atoms with van der Waals surface area (Å²) in [6, 6.07) is 11.7. The summed E-state index contributed by atoms with van der Waals surface area (Å²) in [5.41, 5.74) is -0.169. The minimum Gasteiger partial charge on any atom is -0.420 e. The number of hydrogen-bond donors (Lipinski definition) is 0. The van der Waals surface area contributed by atoms with Crippen molar-refractivity contribution in [1.29, 1.82) is 0 Å². The van der Waals surface area contributed by atoms with E-state index in [1.807, 2.05) is 0 Å². The van der Waals surface area contributed by atoms with Gasteiger partial charge in [0.2, 0.25) is 0 Å². The number of carbonyl (C=O) groups is 1. The van der Waals surface area contributed by atoms with Crippen molar-refractivity contribution < 1.29 is 9.53 Å². The highest BCUT2D eigenvalue weighted by Crippen LogP contribution is 2.28. The van der Waals surface area contributed by atoms with E-state index in [1.54, 1.807) is 49.4 Å². The average molecular weight is 408 g/mol. The average Bonchev–Trinajstić information content (AvgIpc) is 2.58. The van der Waals surface area contributed by atoms with E-state index in [0.717, 1.165) is 4.47 Å². The highest BCUT2D eigenvalue weighted by Gasteiger charge is 2.19. The Hall–Kier alpha value is -2.18. The second kappa shape index (κ2) is 6.75. The zero-order valence-electron chi connectivity index (χ0n) is 12.6. The predicted octanol–water partition coefficient (Wildman–Crippen LogP) is 4.05. The molecule has 122 valence electrons. The number of hydrogen-bond acceptors (Lipinski definition) is 4. The summed E-state index contributed by atoms with van der Waals surface area (Å²) in [5, 5.41) is 5.31. The fourth-order valence-electron chi connectivity index (χ4n) is 2.31. The Morgan fingerprint density at radius 1 is 1.25 bits per heavy atom. The van der Waals surface area contributed by atoms with Gasteiger partial charge in [-0.25, -0.2) is 9.48 Å². The molecule has 1 heterocycles. The maximum atomic E-state index is 12.6. The standard InChI is InChI=1S/C17H12BrClN2O3/c1-2-21-16(22)12-6-4-3-5-11(12)15(20-21)17(23)24-14-8-7-10(18)9-13(14)19/h3-9H,2H2,1H3. The van der Waals surface area contributed by atoms with Crippen LogP contribution in [0.5, 0.6) is 5.75 Å². The Balaban J connectivity index is 2.10. The molecule has 0 N–H and O–H groups in total. The van der Waals surface area contributed by atoms with Gasteiger partial charge in [0.15, 0.2) is 5.69 Å². The number of esters is 1. The first-order chi connectivity index (χ1) is 11.5. The van der Waals surface area contributed by atoms with Crippen LogP contribution in [0, 0.1) is 0 Å². The largest absolute Gasteiger partial charge is 0.420 e. The summed E-state index contributed by atoms with van der Waals surface area (Å²) in [7, 11) is 0. The van der Waals surface area contributed by atoms with E-state index in [1.165, 1.54) is 4.68 Å². The normalized spacial score (nSPS) is 10.8. The van der Waals surface area contributed by atoms with Crippen molar-refractivity contribution in [2.45, 2.75) is 13.5 Å². The lowest BCUT2D eigenvalue weighted by molar-refractivity contribution is 0.0728. The van der Waals surface area contributed by atoms with Crippen molar-refractivity contribution in [2.24, 2.45) is 0 Å². The number of aromatic nitrogens is 2. The van der Waals surface area contributed by atoms with Gasteiger partial charge in [-0.3, -0.25) is 4.79 Å². The second-order valence-corrected chi connectivity index (χ2v) is 6.30.